The zero-order valence-corrected chi connectivity index (χ0v) is 11.6. The Kier molecular flexibility index (Phi) is 3.27. The minimum absolute atomic E-state index is 0.00884. The maximum absolute atomic E-state index is 13.7. The largest absolute Gasteiger partial charge is 0.369 e. The predicted molar refractivity (Wildman–Crippen MR) is 74.6 cm³/mol. The maximum Gasteiger partial charge on any atom is 0.245 e. The van der Waals surface area contributed by atoms with E-state index in [0.717, 1.165) is 25.0 Å². The van der Waals surface area contributed by atoms with Crippen molar-refractivity contribution in [2.24, 2.45) is 0 Å². The molecule has 1 fully saturated rings. The molecule has 1 atom stereocenters. The summed E-state index contributed by atoms with van der Waals surface area (Å²) in [7, 11) is 0. The molecule has 1 unspecified atom stereocenters. The fourth-order valence-corrected chi connectivity index (χ4v) is 2.86. The molecule has 0 spiro atoms. The van der Waals surface area contributed by atoms with E-state index in [-0.39, 0.29) is 22.9 Å². The highest BCUT2D eigenvalue weighted by Crippen LogP contribution is 2.27. The first kappa shape index (κ1) is 13.8. The van der Waals surface area contributed by atoms with E-state index in [0.29, 0.717) is 13.1 Å². The summed E-state index contributed by atoms with van der Waals surface area (Å²) in [6.45, 7) is 3.08. The Morgan fingerprint density at radius 3 is 2.67 bits per heavy atom. The van der Waals surface area contributed by atoms with Gasteiger partial charge in [-0.3, -0.25) is 9.36 Å². The van der Waals surface area contributed by atoms with Gasteiger partial charge in [0.15, 0.2) is 5.82 Å². The number of carbonyl (C=O) groups excluding carboxylic acids is 1. The van der Waals surface area contributed by atoms with E-state index in [2.05, 4.69) is 4.98 Å². The standard InChI is InChI=1S/C14H16F2N4O/c1-8(13(21)19-4-2-3-5-19)20-11-7-9(15)6-10(16)12(11)18-14(20)17/h6-8H,2-5H2,1H3,(H2,17,18). The minimum atomic E-state index is -0.781. The second kappa shape index (κ2) is 4.98. The van der Waals surface area contributed by atoms with E-state index in [1.807, 2.05) is 0 Å². The Labute approximate surface area is 120 Å². The average molecular weight is 294 g/mol. The molecule has 0 aliphatic carbocycles. The molecule has 0 saturated carbocycles. The van der Waals surface area contributed by atoms with Crippen LogP contribution in [-0.4, -0.2) is 33.4 Å². The van der Waals surface area contributed by atoms with E-state index in [1.165, 1.54) is 4.57 Å². The van der Waals surface area contributed by atoms with Crippen molar-refractivity contribution in [1.29, 1.82) is 0 Å². The van der Waals surface area contributed by atoms with Gasteiger partial charge in [0.1, 0.15) is 17.4 Å². The van der Waals surface area contributed by atoms with Crippen LogP contribution < -0.4 is 5.73 Å². The number of hydrogen-bond acceptors (Lipinski definition) is 3. The zero-order valence-electron chi connectivity index (χ0n) is 11.6. The molecule has 5 nitrogen and oxygen atoms in total. The molecular formula is C14H16F2N4O. The summed E-state index contributed by atoms with van der Waals surface area (Å²) in [5.74, 6) is -1.60. The summed E-state index contributed by atoms with van der Waals surface area (Å²) < 4.78 is 28.6. The van der Waals surface area contributed by atoms with Gasteiger partial charge in [-0.25, -0.2) is 13.8 Å². The zero-order chi connectivity index (χ0) is 15.1. The molecular weight excluding hydrogens is 278 g/mol. The van der Waals surface area contributed by atoms with Gasteiger partial charge in [0.2, 0.25) is 11.9 Å². The lowest BCUT2D eigenvalue weighted by Gasteiger charge is -2.22. The summed E-state index contributed by atoms with van der Waals surface area (Å²) in [4.78, 5) is 18.1. The van der Waals surface area contributed by atoms with Crippen molar-refractivity contribution < 1.29 is 13.6 Å². The monoisotopic (exact) mass is 294 g/mol. The molecule has 1 aliphatic heterocycles. The van der Waals surface area contributed by atoms with Crippen LogP contribution in [0.4, 0.5) is 14.7 Å². The highest BCUT2D eigenvalue weighted by molar-refractivity contribution is 5.86. The van der Waals surface area contributed by atoms with Crippen LogP contribution in [0, 0.1) is 11.6 Å². The molecule has 3 rings (SSSR count). The molecule has 1 aromatic heterocycles. The number of nitrogen functional groups attached to an aromatic ring is 1. The Balaban J connectivity index is 2.06. The van der Waals surface area contributed by atoms with Gasteiger partial charge in [-0.05, 0) is 19.8 Å². The van der Waals surface area contributed by atoms with Crippen LogP contribution in [0.2, 0.25) is 0 Å². The normalized spacial score (nSPS) is 16.6. The van der Waals surface area contributed by atoms with E-state index in [9.17, 15) is 13.6 Å². The summed E-state index contributed by atoms with van der Waals surface area (Å²) >= 11 is 0. The number of likely N-dealkylation sites (tertiary alicyclic amines) is 1. The molecule has 0 bridgehead atoms. The second-order valence-electron chi connectivity index (χ2n) is 5.30. The number of halogens is 2. The van der Waals surface area contributed by atoms with Crippen molar-refractivity contribution in [3.63, 3.8) is 0 Å². The lowest BCUT2D eigenvalue weighted by molar-refractivity contribution is -0.133. The Morgan fingerprint density at radius 2 is 2.00 bits per heavy atom. The summed E-state index contributed by atoms with van der Waals surface area (Å²) in [6, 6.07) is 1.26. The Hall–Kier alpha value is -2.18. The van der Waals surface area contributed by atoms with Crippen LogP contribution in [0.15, 0.2) is 12.1 Å². The summed E-state index contributed by atoms with van der Waals surface area (Å²) in [5.41, 5.74) is 5.98. The van der Waals surface area contributed by atoms with Gasteiger partial charge in [0.05, 0.1) is 5.52 Å². The van der Waals surface area contributed by atoms with Crippen LogP contribution in [0.3, 0.4) is 0 Å². The highest BCUT2D eigenvalue weighted by Gasteiger charge is 2.27. The van der Waals surface area contributed by atoms with Gasteiger partial charge in [-0.2, -0.15) is 0 Å². The van der Waals surface area contributed by atoms with Crippen molar-refractivity contribution in [2.45, 2.75) is 25.8 Å². The number of anilines is 1. The van der Waals surface area contributed by atoms with Gasteiger partial charge in [-0.15, -0.1) is 0 Å². The van der Waals surface area contributed by atoms with Crippen LogP contribution in [-0.2, 0) is 4.79 Å². The van der Waals surface area contributed by atoms with Gasteiger partial charge in [-0.1, -0.05) is 0 Å². The molecule has 2 N–H and O–H groups in total. The van der Waals surface area contributed by atoms with Crippen molar-refractivity contribution in [2.75, 3.05) is 18.8 Å². The minimum Gasteiger partial charge on any atom is -0.369 e. The molecule has 1 amide bonds. The van der Waals surface area contributed by atoms with Crippen LogP contribution in [0.1, 0.15) is 25.8 Å². The molecule has 2 aromatic rings. The quantitative estimate of drug-likeness (QED) is 0.922. The number of aromatic nitrogens is 2. The SMILES string of the molecule is CC(C(=O)N1CCCC1)n1c(N)nc2c(F)cc(F)cc21. The van der Waals surface area contributed by atoms with Gasteiger partial charge < -0.3 is 10.6 Å². The molecule has 7 heteroatoms. The van der Waals surface area contributed by atoms with Crippen molar-refractivity contribution in [3.8, 4) is 0 Å². The average Bonchev–Trinajstić information content (AvgIpc) is 3.04. The van der Waals surface area contributed by atoms with Crippen molar-refractivity contribution >= 4 is 22.9 Å². The molecule has 1 saturated heterocycles. The fourth-order valence-electron chi connectivity index (χ4n) is 2.86. The molecule has 1 aromatic carbocycles. The first-order chi connectivity index (χ1) is 9.99. The van der Waals surface area contributed by atoms with Crippen LogP contribution in [0.25, 0.3) is 11.0 Å². The number of benzene rings is 1. The number of nitrogens with two attached hydrogens (primary N) is 1. The van der Waals surface area contributed by atoms with Gasteiger partial charge >= 0.3 is 0 Å². The summed E-state index contributed by atoms with van der Waals surface area (Å²) in [5, 5.41) is 0. The van der Waals surface area contributed by atoms with Gasteiger partial charge in [0.25, 0.3) is 0 Å². The Morgan fingerprint density at radius 1 is 1.33 bits per heavy atom. The second-order valence-corrected chi connectivity index (χ2v) is 5.30. The maximum atomic E-state index is 13.7. The molecule has 21 heavy (non-hydrogen) atoms. The van der Waals surface area contributed by atoms with E-state index < -0.39 is 17.7 Å². The third kappa shape index (κ3) is 2.22. The first-order valence-electron chi connectivity index (χ1n) is 6.90. The lowest BCUT2D eigenvalue weighted by Crippen LogP contribution is -2.34. The number of fused-ring (bicyclic) bond motifs is 1. The summed E-state index contributed by atoms with van der Waals surface area (Å²) in [6.07, 6.45) is 1.95. The number of rotatable bonds is 2. The van der Waals surface area contributed by atoms with Crippen LogP contribution in [0.5, 0.6) is 0 Å². The number of hydrogen-bond donors (Lipinski definition) is 1. The highest BCUT2D eigenvalue weighted by atomic mass is 19.1. The lowest BCUT2D eigenvalue weighted by atomic mass is 10.2. The fraction of sp³-hybridized carbons (Fsp3) is 0.429. The van der Waals surface area contributed by atoms with E-state index >= 15 is 0 Å². The smallest absolute Gasteiger partial charge is 0.245 e. The predicted octanol–water partition coefficient (Wildman–Crippen LogP) is 2.08. The topological polar surface area (TPSA) is 64.2 Å². The van der Waals surface area contributed by atoms with E-state index in [4.69, 9.17) is 5.73 Å². The molecule has 112 valence electrons. The number of amides is 1. The Bertz CT molecular complexity index is 707. The number of nitrogens with zero attached hydrogens (tertiary/aromatic N) is 3. The van der Waals surface area contributed by atoms with Gasteiger partial charge in [0, 0.05) is 25.2 Å². The van der Waals surface area contributed by atoms with Crippen molar-refractivity contribution in [3.05, 3.63) is 23.8 Å². The van der Waals surface area contributed by atoms with Crippen LogP contribution >= 0.6 is 0 Å². The molecule has 1 aliphatic rings. The molecule has 0 radical (unpaired) electrons. The van der Waals surface area contributed by atoms with E-state index in [1.54, 1.807) is 11.8 Å². The first-order valence-corrected chi connectivity index (χ1v) is 6.90. The molecule has 2 heterocycles. The third-order valence-electron chi connectivity index (χ3n) is 3.90. The number of carbonyl (C=O) groups is 1. The number of imidazole rings is 1. The van der Waals surface area contributed by atoms with Crippen molar-refractivity contribution in [1.82, 2.24) is 14.5 Å². The third-order valence-corrected chi connectivity index (χ3v) is 3.90.